The van der Waals surface area contributed by atoms with Crippen LogP contribution < -0.4 is 43.8 Å². The SMILES string of the molecule is CCC(/C=C1\Oc2ccc(-c3ccccc3)cc2N1CCC(C)S(=O)(=O)[O-])=C\c1oc2ccc(-c3ccccc3)cc2[n+]1CCCS(=O)(=O)[O-].[Na+]. The zero-order valence-electron chi connectivity index (χ0n) is 28.7. The molecule has 5 aromatic rings. The molecule has 10 nitrogen and oxygen atoms in total. The molecule has 0 bridgehead atoms. The first kappa shape index (κ1) is 38.5. The Bertz CT molecular complexity index is 2290. The van der Waals surface area contributed by atoms with Gasteiger partial charge >= 0.3 is 35.4 Å². The van der Waals surface area contributed by atoms with Crippen molar-refractivity contribution in [3.8, 4) is 28.0 Å². The average molecular weight is 737 g/mol. The van der Waals surface area contributed by atoms with Crippen molar-refractivity contribution >= 4 is 43.1 Å². The van der Waals surface area contributed by atoms with Crippen LogP contribution in [0.25, 0.3) is 39.4 Å². The third kappa shape index (κ3) is 9.38. The van der Waals surface area contributed by atoms with Gasteiger partial charge < -0.3 is 23.2 Å². The minimum absolute atomic E-state index is 0. The Labute approximate surface area is 320 Å². The Hall–Kier alpha value is -3.75. The zero-order valence-corrected chi connectivity index (χ0v) is 32.3. The number of rotatable bonds is 13. The van der Waals surface area contributed by atoms with Gasteiger partial charge in [0, 0.05) is 36.1 Å². The van der Waals surface area contributed by atoms with Gasteiger partial charge in [-0.2, -0.15) is 4.57 Å². The van der Waals surface area contributed by atoms with Gasteiger partial charge in [0.1, 0.15) is 0 Å². The summed E-state index contributed by atoms with van der Waals surface area (Å²) < 4.78 is 84.2. The van der Waals surface area contributed by atoms with E-state index in [0.717, 1.165) is 39.0 Å². The van der Waals surface area contributed by atoms with Crippen LogP contribution in [0, 0.1) is 0 Å². The number of benzene rings is 4. The van der Waals surface area contributed by atoms with Crippen LogP contribution in [-0.4, -0.2) is 43.5 Å². The topological polar surface area (TPSA) is 144 Å². The van der Waals surface area contributed by atoms with Crippen LogP contribution in [0.15, 0.2) is 119 Å². The van der Waals surface area contributed by atoms with Crippen LogP contribution in [-0.2, 0) is 26.8 Å². The second-order valence-corrected chi connectivity index (χ2v) is 15.5. The predicted molar refractivity (Wildman–Crippen MR) is 191 cm³/mol. The van der Waals surface area contributed by atoms with E-state index in [4.69, 9.17) is 9.15 Å². The molecule has 1 aliphatic rings. The first-order chi connectivity index (χ1) is 23.9. The van der Waals surface area contributed by atoms with Crippen molar-refractivity contribution in [2.75, 3.05) is 17.2 Å². The minimum atomic E-state index is -4.49. The Kier molecular flexibility index (Phi) is 12.3. The molecule has 4 aromatic carbocycles. The van der Waals surface area contributed by atoms with Gasteiger partial charge in [0.05, 0.1) is 32.0 Å². The van der Waals surface area contributed by atoms with Crippen molar-refractivity contribution in [1.82, 2.24) is 0 Å². The summed E-state index contributed by atoms with van der Waals surface area (Å²) in [5.74, 6) is 1.000. The summed E-state index contributed by atoms with van der Waals surface area (Å²) in [4.78, 5) is 1.88. The van der Waals surface area contributed by atoms with Gasteiger partial charge in [0.15, 0.2) is 12.3 Å². The summed E-state index contributed by atoms with van der Waals surface area (Å²) in [5.41, 5.74) is 6.81. The molecule has 260 valence electrons. The minimum Gasteiger partial charge on any atom is -0.748 e. The van der Waals surface area contributed by atoms with Crippen molar-refractivity contribution < 1.29 is 69.2 Å². The maximum Gasteiger partial charge on any atom is 1.00 e. The third-order valence-corrected chi connectivity index (χ3v) is 10.7. The Morgan fingerprint density at radius 1 is 0.863 bits per heavy atom. The van der Waals surface area contributed by atoms with Gasteiger partial charge in [0.2, 0.25) is 11.5 Å². The molecule has 0 saturated carbocycles. The first-order valence-electron chi connectivity index (χ1n) is 16.4. The fraction of sp³-hybridized carbons (Fsp3) is 0.237. The van der Waals surface area contributed by atoms with Crippen molar-refractivity contribution in [2.45, 2.75) is 44.9 Å². The molecule has 1 unspecified atom stereocenters. The molecule has 51 heavy (non-hydrogen) atoms. The Morgan fingerprint density at radius 2 is 1.49 bits per heavy atom. The third-order valence-electron chi connectivity index (χ3n) is 8.73. The van der Waals surface area contributed by atoms with E-state index in [-0.39, 0.29) is 55.5 Å². The summed E-state index contributed by atoms with van der Waals surface area (Å²) in [6.45, 7) is 3.82. The van der Waals surface area contributed by atoms with Gasteiger partial charge in [-0.15, -0.1) is 0 Å². The first-order valence-corrected chi connectivity index (χ1v) is 19.4. The van der Waals surface area contributed by atoms with E-state index >= 15 is 0 Å². The van der Waals surface area contributed by atoms with Gasteiger partial charge in [-0.1, -0.05) is 79.7 Å². The van der Waals surface area contributed by atoms with Crippen molar-refractivity contribution in [3.63, 3.8) is 0 Å². The molecule has 0 radical (unpaired) electrons. The average Bonchev–Trinajstić information content (AvgIpc) is 3.62. The number of hydrogen-bond donors (Lipinski definition) is 0. The van der Waals surface area contributed by atoms with Gasteiger partial charge in [-0.25, -0.2) is 16.8 Å². The normalized spacial score (nSPS) is 14.7. The molecule has 0 amide bonds. The van der Waals surface area contributed by atoms with Crippen LogP contribution in [0.2, 0.25) is 0 Å². The summed E-state index contributed by atoms with van der Waals surface area (Å²) in [5, 5.41) is -1.10. The molecule has 1 aromatic heterocycles. The molecular weight excluding hydrogens is 700 g/mol. The number of ether oxygens (including phenoxy) is 1. The number of aromatic nitrogens is 1. The van der Waals surface area contributed by atoms with Gasteiger partial charge in [0.25, 0.3) is 5.52 Å². The fourth-order valence-electron chi connectivity index (χ4n) is 5.92. The Balaban J connectivity index is 0.00000504. The van der Waals surface area contributed by atoms with E-state index in [0.29, 0.717) is 29.5 Å². The molecule has 2 heterocycles. The van der Waals surface area contributed by atoms with E-state index in [1.54, 1.807) is 0 Å². The molecule has 0 spiro atoms. The van der Waals surface area contributed by atoms with Crippen LogP contribution in [0.1, 0.15) is 39.0 Å². The summed E-state index contributed by atoms with van der Waals surface area (Å²) in [7, 11) is -8.90. The monoisotopic (exact) mass is 736 g/mol. The van der Waals surface area contributed by atoms with E-state index in [1.807, 2.05) is 126 Å². The number of oxazole rings is 1. The van der Waals surface area contributed by atoms with Crippen LogP contribution >= 0.6 is 0 Å². The smallest absolute Gasteiger partial charge is 0.748 e. The summed E-state index contributed by atoms with van der Waals surface area (Å²) >= 11 is 0. The second kappa shape index (κ2) is 16.3. The quantitative estimate of drug-likeness (QED) is 0.100. The largest absolute Gasteiger partial charge is 1.00 e. The molecule has 0 saturated heterocycles. The zero-order chi connectivity index (χ0) is 35.5. The van der Waals surface area contributed by atoms with Crippen LogP contribution in [0.3, 0.4) is 0 Å². The Morgan fingerprint density at radius 3 is 2.10 bits per heavy atom. The number of nitrogens with zero attached hydrogens (tertiary/aromatic N) is 2. The molecular formula is C38H37N2NaO8S2. The van der Waals surface area contributed by atoms with Crippen LogP contribution in [0.5, 0.6) is 5.75 Å². The van der Waals surface area contributed by atoms with Gasteiger partial charge in [-0.05, 0) is 65.8 Å². The van der Waals surface area contributed by atoms with E-state index < -0.39 is 31.2 Å². The summed E-state index contributed by atoms with van der Waals surface area (Å²) in [6.07, 6.45) is 4.45. The molecule has 1 atom stereocenters. The number of aryl methyl sites for hydroxylation is 1. The molecule has 0 aliphatic carbocycles. The van der Waals surface area contributed by atoms with Crippen molar-refractivity contribution in [2.24, 2.45) is 0 Å². The van der Waals surface area contributed by atoms with Gasteiger partial charge in [-0.3, -0.25) is 0 Å². The predicted octanol–water partition coefficient (Wildman–Crippen LogP) is 3.85. The second-order valence-electron chi connectivity index (χ2n) is 12.2. The standard InChI is InChI=1S/C38H38N2O8S2.Na/c1-3-28(23-37-39(20-10-22-49(41,42)43)33-25-31(15-17-35(33)47-37)29-11-6-4-7-12-29)24-38-40(21-19-27(2)50(44,45)46)34-26-32(16-18-36(34)48-38)30-13-8-5-9-14-30;/h4-9,11-18,23-27H,3,10,19-22H2,1-2H3,(H-,41,42,43,44,45,46);/q;+1/p-1. The summed E-state index contributed by atoms with van der Waals surface area (Å²) in [6, 6.07) is 31.3. The van der Waals surface area contributed by atoms with E-state index in [9.17, 15) is 25.9 Å². The van der Waals surface area contributed by atoms with Crippen LogP contribution in [0.4, 0.5) is 5.69 Å². The molecule has 0 N–H and O–H groups in total. The van der Waals surface area contributed by atoms with Crippen molar-refractivity contribution in [3.05, 3.63) is 120 Å². The maximum absolute atomic E-state index is 11.8. The molecule has 1 aliphatic heterocycles. The van der Waals surface area contributed by atoms with E-state index in [1.165, 1.54) is 6.92 Å². The fourth-order valence-corrected chi connectivity index (χ4v) is 6.79. The molecule has 13 heteroatoms. The molecule has 0 fully saturated rings. The number of fused-ring (bicyclic) bond motifs is 2. The van der Waals surface area contributed by atoms with Crippen molar-refractivity contribution in [1.29, 1.82) is 0 Å². The maximum atomic E-state index is 11.8. The number of hydrogen-bond acceptors (Lipinski definition) is 9. The number of allylic oxidation sites excluding steroid dienone is 2. The van der Waals surface area contributed by atoms with E-state index in [2.05, 4.69) is 0 Å². The number of anilines is 1. The molecule has 6 rings (SSSR count).